The number of nitrogens with zero attached hydrogens (tertiary/aromatic N) is 5. The third kappa shape index (κ3) is 3.21. The monoisotopic (exact) mass is 369 g/mol. The van der Waals surface area contributed by atoms with E-state index >= 15 is 0 Å². The first-order valence-electron chi connectivity index (χ1n) is 9.92. The predicted octanol–water partition coefficient (Wildman–Crippen LogP) is 3.71. The number of anilines is 1. The topological polar surface area (TPSA) is 29.2 Å². The second-order valence-electron chi connectivity index (χ2n) is 8.10. The number of piperazine rings is 1. The number of hydrogen-bond donors (Lipinski definition) is 0. The van der Waals surface area contributed by atoms with Gasteiger partial charge in [0.25, 0.3) is 0 Å². The van der Waals surface area contributed by atoms with Crippen molar-refractivity contribution in [3.8, 4) is 0 Å². The number of rotatable bonds is 5. The predicted molar refractivity (Wildman–Crippen MR) is 106 cm³/mol. The van der Waals surface area contributed by atoms with E-state index in [9.17, 15) is 0 Å². The molecule has 0 spiro atoms. The SMILES string of the molecule is Cc1cccc(N2CCN(Cn3nc(C4CC4)n(C4CC4)c3=S)CC2)c1. The van der Waals surface area contributed by atoms with Gasteiger partial charge in [-0.15, -0.1) is 0 Å². The molecule has 3 fully saturated rings. The Bertz CT molecular complexity index is 853. The molecule has 2 aromatic rings. The summed E-state index contributed by atoms with van der Waals surface area (Å²) >= 11 is 5.78. The fraction of sp³-hybridized carbons (Fsp3) is 0.600. The zero-order chi connectivity index (χ0) is 17.7. The third-order valence-corrected chi connectivity index (χ3v) is 6.23. The van der Waals surface area contributed by atoms with Crippen LogP contribution in [0.4, 0.5) is 5.69 Å². The van der Waals surface area contributed by atoms with Crippen molar-refractivity contribution >= 4 is 17.9 Å². The van der Waals surface area contributed by atoms with Crippen LogP contribution in [0.1, 0.15) is 49.0 Å². The minimum absolute atomic E-state index is 0.630. The van der Waals surface area contributed by atoms with Gasteiger partial charge in [0, 0.05) is 43.8 Å². The third-order valence-electron chi connectivity index (χ3n) is 5.82. The molecule has 1 saturated heterocycles. The van der Waals surface area contributed by atoms with Crippen LogP contribution in [0, 0.1) is 11.7 Å². The molecule has 3 aliphatic rings. The molecule has 5 nitrogen and oxygen atoms in total. The molecule has 138 valence electrons. The molecule has 2 heterocycles. The van der Waals surface area contributed by atoms with Gasteiger partial charge in [0.15, 0.2) is 4.77 Å². The van der Waals surface area contributed by atoms with E-state index in [0.717, 1.165) is 37.6 Å². The largest absolute Gasteiger partial charge is 0.369 e. The van der Waals surface area contributed by atoms with Gasteiger partial charge in [0.2, 0.25) is 0 Å². The van der Waals surface area contributed by atoms with Gasteiger partial charge >= 0.3 is 0 Å². The maximum atomic E-state index is 5.78. The molecular weight excluding hydrogens is 342 g/mol. The van der Waals surface area contributed by atoms with E-state index in [2.05, 4.69) is 50.2 Å². The second-order valence-corrected chi connectivity index (χ2v) is 8.47. The summed E-state index contributed by atoms with van der Waals surface area (Å²) in [5, 5.41) is 4.94. The highest BCUT2D eigenvalue weighted by Crippen LogP contribution is 2.44. The molecule has 0 amide bonds. The van der Waals surface area contributed by atoms with Crippen molar-refractivity contribution in [1.82, 2.24) is 19.2 Å². The summed E-state index contributed by atoms with van der Waals surface area (Å²) in [5.41, 5.74) is 2.67. The zero-order valence-electron chi connectivity index (χ0n) is 15.5. The Hall–Kier alpha value is -1.66. The molecule has 1 aliphatic heterocycles. The van der Waals surface area contributed by atoms with Crippen LogP contribution < -0.4 is 4.90 Å². The van der Waals surface area contributed by atoms with Crippen LogP contribution in [0.3, 0.4) is 0 Å². The number of aromatic nitrogens is 3. The highest BCUT2D eigenvalue weighted by molar-refractivity contribution is 7.71. The fourth-order valence-corrected chi connectivity index (χ4v) is 4.33. The molecule has 0 bridgehead atoms. The molecule has 26 heavy (non-hydrogen) atoms. The van der Waals surface area contributed by atoms with Crippen LogP contribution in [0.15, 0.2) is 24.3 Å². The van der Waals surface area contributed by atoms with Gasteiger partial charge in [-0.05, 0) is 62.5 Å². The van der Waals surface area contributed by atoms with E-state index < -0.39 is 0 Å². The van der Waals surface area contributed by atoms with Crippen molar-refractivity contribution in [1.29, 1.82) is 0 Å². The minimum atomic E-state index is 0.630. The van der Waals surface area contributed by atoms with E-state index in [1.165, 1.54) is 42.8 Å². The van der Waals surface area contributed by atoms with Gasteiger partial charge in [0.05, 0.1) is 6.67 Å². The van der Waals surface area contributed by atoms with Crippen molar-refractivity contribution in [3.05, 3.63) is 40.4 Å². The normalized spacial score (nSPS) is 21.3. The first-order chi connectivity index (χ1) is 12.7. The van der Waals surface area contributed by atoms with Crippen molar-refractivity contribution < 1.29 is 0 Å². The molecule has 0 atom stereocenters. The maximum absolute atomic E-state index is 5.78. The standard InChI is InChI=1S/C20H27N5S/c1-15-3-2-4-18(13-15)23-11-9-22(10-12-23)14-24-20(26)25(17-7-8-17)19(21-24)16-5-6-16/h2-4,13,16-17H,5-12,14H2,1H3. The Labute approximate surface area is 160 Å². The lowest BCUT2D eigenvalue weighted by Crippen LogP contribution is -2.47. The van der Waals surface area contributed by atoms with Crippen LogP contribution in [-0.2, 0) is 6.67 Å². The van der Waals surface area contributed by atoms with Gasteiger partial charge in [-0.1, -0.05) is 12.1 Å². The lowest BCUT2D eigenvalue weighted by molar-refractivity contribution is 0.194. The van der Waals surface area contributed by atoms with Crippen LogP contribution >= 0.6 is 12.2 Å². The molecular formula is C20H27N5S. The van der Waals surface area contributed by atoms with Crippen LogP contribution in [0.2, 0.25) is 0 Å². The highest BCUT2D eigenvalue weighted by atomic mass is 32.1. The Balaban J connectivity index is 1.27. The minimum Gasteiger partial charge on any atom is -0.369 e. The van der Waals surface area contributed by atoms with E-state index in [1.807, 2.05) is 0 Å². The summed E-state index contributed by atoms with van der Waals surface area (Å²) in [6.07, 6.45) is 5.12. The molecule has 6 heteroatoms. The molecule has 0 N–H and O–H groups in total. The summed E-state index contributed by atoms with van der Waals surface area (Å²) in [7, 11) is 0. The fourth-order valence-electron chi connectivity index (χ4n) is 3.99. The van der Waals surface area contributed by atoms with Crippen molar-refractivity contribution in [2.24, 2.45) is 0 Å². The number of hydrogen-bond acceptors (Lipinski definition) is 4. The quantitative estimate of drug-likeness (QED) is 0.752. The van der Waals surface area contributed by atoms with Crippen LogP contribution in [-0.4, -0.2) is 45.4 Å². The lowest BCUT2D eigenvalue weighted by Gasteiger charge is -2.36. The average Bonchev–Trinajstić information content (AvgIpc) is 3.55. The molecule has 2 aliphatic carbocycles. The average molecular weight is 370 g/mol. The first kappa shape index (κ1) is 16.5. The molecule has 1 aromatic carbocycles. The summed E-state index contributed by atoms with van der Waals surface area (Å²) in [6.45, 7) is 7.25. The summed E-state index contributed by atoms with van der Waals surface area (Å²) in [4.78, 5) is 4.98. The van der Waals surface area contributed by atoms with Crippen molar-refractivity contribution in [2.45, 2.75) is 51.2 Å². The van der Waals surface area contributed by atoms with E-state index in [1.54, 1.807) is 0 Å². The molecule has 0 unspecified atom stereocenters. The van der Waals surface area contributed by atoms with E-state index in [-0.39, 0.29) is 0 Å². The Morgan fingerprint density at radius 3 is 2.50 bits per heavy atom. The molecule has 5 rings (SSSR count). The number of benzene rings is 1. The first-order valence-corrected chi connectivity index (χ1v) is 10.3. The molecule has 1 aromatic heterocycles. The lowest BCUT2D eigenvalue weighted by atomic mass is 10.2. The van der Waals surface area contributed by atoms with Gasteiger partial charge < -0.3 is 9.47 Å². The van der Waals surface area contributed by atoms with Gasteiger partial charge in [-0.2, -0.15) is 5.10 Å². The maximum Gasteiger partial charge on any atom is 0.199 e. The Kier molecular flexibility index (Phi) is 4.13. The van der Waals surface area contributed by atoms with E-state index in [0.29, 0.717) is 12.0 Å². The molecule has 0 radical (unpaired) electrons. The second kappa shape index (κ2) is 6.50. The van der Waals surface area contributed by atoms with Crippen LogP contribution in [0.5, 0.6) is 0 Å². The molecule has 2 saturated carbocycles. The van der Waals surface area contributed by atoms with Crippen LogP contribution in [0.25, 0.3) is 0 Å². The smallest absolute Gasteiger partial charge is 0.199 e. The summed E-state index contributed by atoms with van der Waals surface area (Å²) in [6, 6.07) is 9.45. The summed E-state index contributed by atoms with van der Waals surface area (Å²) < 4.78 is 5.40. The van der Waals surface area contributed by atoms with E-state index in [4.69, 9.17) is 17.3 Å². The van der Waals surface area contributed by atoms with Gasteiger partial charge in [-0.25, -0.2) is 4.68 Å². The van der Waals surface area contributed by atoms with Crippen molar-refractivity contribution in [2.75, 3.05) is 31.1 Å². The van der Waals surface area contributed by atoms with Gasteiger partial charge in [0.1, 0.15) is 5.82 Å². The van der Waals surface area contributed by atoms with Crippen molar-refractivity contribution in [3.63, 3.8) is 0 Å². The Morgan fingerprint density at radius 2 is 1.85 bits per heavy atom. The number of aryl methyl sites for hydroxylation is 1. The highest BCUT2D eigenvalue weighted by Gasteiger charge is 2.36. The summed E-state index contributed by atoms with van der Waals surface area (Å²) in [5.74, 6) is 1.92. The van der Waals surface area contributed by atoms with Gasteiger partial charge in [-0.3, -0.25) is 4.90 Å². The Morgan fingerprint density at radius 1 is 1.08 bits per heavy atom. The zero-order valence-corrected chi connectivity index (χ0v) is 16.3.